The molecule has 1 aromatic carbocycles. The zero-order valence-electron chi connectivity index (χ0n) is 10.4. The Hall–Kier alpha value is -1.17. The van der Waals surface area contributed by atoms with Gasteiger partial charge in [-0.05, 0) is 30.9 Å². The van der Waals surface area contributed by atoms with Crippen molar-refractivity contribution in [2.75, 3.05) is 5.75 Å². The molecule has 1 aliphatic rings. The lowest BCUT2D eigenvalue weighted by Crippen LogP contribution is -2.22. The van der Waals surface area contributed by atoms with Gasteiger partial charge in [0.1, 0.15) is 5.75 Å². The fourth-order valence-corrected chi connectivity index (χ4v) is 3.73. The first-order valence-electron chi connectivity index (χ1n) is 6.33. The standard InChI is InChI=1S/C13H16F2O3S/c14-12-7-6-11(8-13(12)15)18-19(16,17)9-10-4-2-1-3-5-10/h6-8,10H,1-5,9H2. The molecule has 0 bridgehead atoms. The lowest BCUT2D eigenvalue weighted by Gasteiger charge is -2.21. The van der Waals surface area contributed by atoms with E-state index in [4.69, 9.17) is 4.18 Å². The second kappa shape index (κ2) is 5.86. The van der Waals surface area contributed by atoms with E-state index in [2.05, 4.69) is 0 Å². The summed E-state index contributed by atoms with van der Waals surface area (Å²) in [4.78, 5) is 0. The lowest BCUT2D eigenvalue weighted by molar-refractivity contribution is 0.374. The fraction of sp³-hybridized carbons (Fsp3) is 0.538. The Bertz CT molecular complexity index is 537. The van der Waals surface area contributed by atoms with Gasteiger partial charge in [-0.1, -0.05) is 19.3 Å². The Labute approximate surface area is 111 Å². The summed E-state index contributed by atoms with van der Waals surface area (Å²) in [5.41, 5.74) is 0. The Kier molecular flexibility index (Phi) is 4.39. The van der Waals surface area contributed by atoms with E-state index in [9.17, 15) is 17.2 Å². The quantitative estimate of drug-likeness (QED) is 0.799. The minimum absolute atomic E-state index is 0.0635. The predicted octanol–water partition coefficient (Wildman–Crippen LogP) is 3.25. The number of hydrogen-bond acceptors (Lipinski definition) is 3. The molecule has 0 spiro atoms. The monoisotopic (exact) mass is 290 g/mol. The molecule has 0 unspecified atom stereocenters. The van der Waals surface area contributed by atoms with Crippen molar-refractivity contribution in [3.8, 4) is 5.75 Å². The summed E-state index contributed by atoms with van der Waals surface area (Å²) >= 11 is 0. The molecule has 0 amide bonds. The Morgan fingerprint density at radius 2 is 1.79 bits per heavy atom. The van der Waals surface area contributed by atoms with Crippen molar-refractivity contribution in [3.05, 3.63) is 29.8 Å². The zero-order chi connectivity index (χ0) is 13.9. The van der Waals surface area contributed by atoms with Gasteiger partial charge in [-0.3, -0.25) is 0 Å². The van der Waals surface area contributed by atoms with E-state index >= 15 is 0 Å². The molecular weight excluding hydrogens is 274 g/mol. The van der Waals surface area contributed by atoms with Crippen LogP contribution >= 0.6 is 0 Å². The molecule has 106 valence electrons. The van der Waals surface area contributed by atoms with Crippen LogP contribution in [0.15, 0.2) is 18.2 Å². The minimum atomic E-state index is -3.75. The largest absolute Gasteiger partial charge is 0.382 e. The maximum atomic E-state index is 13.0. The van der Waals surface area contributed by atoms with Crippen molar-refractivity contribution in [2.24, 2.45) is 5.92 Å². The smallest absolute Gasteiger partial charge is 0.309 e. The molecule has 6 heteroatoms. The normalized spacial score (nSPS) is 17.4. The van der Waals surface area contributed by atoms with Crippen LogP contribution < -0.4 is 4.18 Å². The highest BCUT2D eigenvalue weighted by atomic mass is 32.2. The summed E-state index contributed by atoms with van der Waals surface area (Å²) in [5.74, 6) is -2.30. The molecule has 3 nitrogen and oxygen atoms in total. The first kappa shape index (κ1) is 14.2. The van der Waals surface area contributed by atoms with E-state index in [1.165, 1.54) is 0 Å². The maximum absolute atomic E-state index is 13.0. The van der Waals surface area contributed by atoms with Crippen LogP contribution in [0.2, 0.25) is 0 Å². The Balaban J connectivity index is 2.01. The van der Waals surface area contributed by atoms with Crippen LogP contribution in [0.25, 0.3) is 0 Å². The Morgan fingerprint density at radius 1 is 1.11 bits per heavy atom. The molecule has 2 rings (SSSR count). The van der Waals surface area contributed by atoms with Crippen LogP contribution in [0.1, 0.15) is 32.1 Å². The molecule has 0 saturated heterocycles. The van der Waals surface area contributed by atoms with Gasteiger partial charge in [-0.15, -0.1) is 0 Å². The van der Waals surface area contributed by atoms with Crippen LogP contribution in [0, 0.1) is 17.6 Å². The third kappa shape index (κ3) is 4.16. The van der Waals surface area contributed by atoms with Crippen molar-refractivity contribution in [3.63, 3.8) is 0 Å². The highest BCUT2D eigenvalue weighted by Crippen LogP contribution is 2.26. The molecule has 0 aliphatic heterocycles. The molecule has 1 aromatic rings. The van der Waals surface area contributed by atoms with Crippen LogP contribution in [-0.2, 0) is 10.1 Å². The Morgan fingerprint density at radius 3 is 2.42 bits per heavy atom. The van der Waals surface area contributed by atoms with Crippen molar-refractivity contribution >= 4 is 10.1 Å². The molecule has 0 aromatic heterocycles. The highest BCUT2D eigenvalue weighted by Gasteiger charge is 2.23. The average molecular weight is 290 g/mol. The zero-order valence-corrected chi connectivity index (χ0v) is 11.3. The predicted molar refractivity (Wildman–Crippen MR) is 67.3 cm³/mol. The second-order valence-corrected chi connectivity index (χ2v) is 6.50. The van der Waals surface area contributed by atoms with Gasteiger partial charge in [-0.25, -0.2) is 8.78 Å². The molecule has 1 aliphatic carbocycles. The number of benzene rings is 1. The number of hydrogen-bond donors (Lipinski definition) is 0. The van der Waals surface area contributed by atoms with Crippen molar-refractivity contribution in [1.82, 2.24) is 0 Å². The number of halogens is 2. The first-order chi connectivity index (χ1) is 8.96. The summed E-state index contributed by atoms with van der Waals surface area (Å²) in [5, 5.41) is 0. The van der Waals surface area contributed by atoms with Crippen LogP contribution in [-0.4, -0.2) is 14.2 Å². The summed E-state index contributed by atoms with van der Waals surface area (Å²) < 4.78 is 54.1. The highest BCUT2D eigenvalue weighted by molar-refractivity contribution is 7.87. The second-order valence-electron chi connectivity index (χ2n) is 4.89. The van der Waals surface area contributed by atoms with Gasteiger partial charge < -0.3 is 4.18 Å². The molecular formula is C13H16F2O3S. The van der Waals surface area contributed by atoms with Crippen LogP contribution in [0.5, 0.6) is 5.75 Å². The molecule has 0 N–H and O–H groups in total. The summed E-state index contributed by atoms with van der Waals surface area (Å²) in [6.07, 6.45) is 4.96. The third-order valence-electron chi connectivity index (χ3n) is 3.28. The average Bonchev–Trinajstić information content (AvgIpc) is 2.34. The molecule has 1 saturated carbocycles. The van der Waals surface area contributed by atoms with Gasteiger partial charge in [-0.2, -0.15) is 8.42 Å². The summed E-state index contributed by atoms with van der Waals surface area (Å²) in [6, 6.07) is 2.70. The fourth-order valence-electron chi connectivity index (χ4n) is 2.35. The van der Waals surface area contributed by atoms with Gasteiger partial charge in [0.05, 0.1) is 5.75 Å². The van der Waals surface area contributed by atoms with Crippen molar-refractivity contribution < 1.29 is 21.4 Å². The molecule has 0 heterocycles. The number of rotatable bonds is 4. The maximum Gasteiger partial charge on any atom is 0.309 e. The van der Waals surface area contributed by atoms with E-state index in [1.807, 2.05) is 0 Å². The van der Waals surface area contributed by atoms with Crippen molar-refractivity contribution in [2.45, 2.75) is 32.1 Å². The first-order valence-corrected chi connectivity index (χ1v) is 7.91. The van der Waals surface area contributed by atoms with Crippen molar-refractivity contribution in [1.29, 1.82) is 0 Å². The van der Waals surface area contributed by atoms with Gasteiger partial charge in [0.25, 0.3) is 0 Å². The summed E-state index contributed by atoms with van der Waals surface area (Å²) in [7, 11) is -3.75. The van der Waals surface area contributed by atoms with Gasteiger partial charge >= 0.3 is 10.1 Å². The van der Waals surface area contributed by atoms with Gasteiger partial charge in [0.2, 0.25) is 0 Å². The van der Waals surface area contributed by atoms with Gasteiger partial charge in [0, 0.05) is 6.07 Å². The minimum Gasteiger partial charge on any atom is -0.382 e. The van der Waals surface area contributed by atoms with E-state index in [0.717, 1.165) is 50.3 Å². The van der Waals surface area contributed by atoms with E-state index in [1.54, 1.807) is 0 Å². The molecule has 1 fully saturated rings. The lowest BCUT2D eigenvalue weighted by atomic mass is 9.91. The summed E-state index contributed by atoms with van der Waals surface area (Å²) in [6.45, 7) is 0. The van der Waals surface area contributed by atoms with Crippen LogP contribution in [0.3, 0.4) is 0 Å². The molecule has 0 radical (unpaired) electrons. The molecule has 0 atom stereocenters. The topological polar surface area (TPSA) is 43.4 Å². The van der Waals surface area contributed by atoms with Crippen LogP contribution in [0.4, 0.5) is 8.78 Å². The molecule has 19 heavy (non-hydrogen) atoms. The van der Waals surface area contributed by atoms with E-state index in [0.29, 0.717) is 0 Å². The SMILES string of the molecule is O=S(=O)(CC1CCCCC1)Oc1ccc(F)c(F)c1. The third-order valence-corrected chi connectivity index (χ3v) is 4.60. The van der Waals surface area contributed by atoms with E-state index < -0.39 is 21.8 Å². The van der Waals surface area contributed by atoms with E-state index in [-0.39, 0.29) is 17.4 Å². The van der Waals surface area contributed by atoms with Gasteiger partial charge in [0.15, 0.2) is 11.6 Å².